The normalized spacial score (nSPS) is 16.3. The van der Waals surface area contributed by atoms with Gasteiger partial charge in [-0.2, -0.15) is 0 Å². The molecule has 27 heavy (non-hydrogen) atoms. The number of benzene rings is 1. The topological polar surface area (TPSA) is 82.2 Å². The highest BCUT2D eigenvalue weighted by molar-refractivity contribution is 7.18. The molecule has 0 saturated heterocycles. The molecule has 1 aliphatic rings. The van der Waals surface area contributed by atoms with Crippen LogP contribution < -0.4 is 10.9 Å². The van der Waals surface area contributed by atoms with Gasteiger partial charge >= 0.3 is 0 Å². The molecule has 1 amide bonds. The van der Waals surface area contributed by atoms with E-state index in [1.54, 1.807) is 6.92 Å². The van der Waals surface area contributed by atoms with Crippen LogP contribution in [-0.4, -0.2) is 16.0 Å². The van der Waals surface area contributed by atoms with E-state index in [-0.39, 0.29) is 17.0 Å². The molecule has 0 fully saturated rings. The number of amides is 1. The molecule has 2 aromatic heterocycles. The number of aromatic nitrogens is 1. The molecule has 5 nitrogen and oxygen atoms in total. The fourth-order valence-electron chi connectivity index (χ4n) is 3.61. The molecule has 0 saturated carbocycles. The number of aryl methyl sites for hydroxylation is 2. The van der Waals surface area contributed by atoms with Gasteiger partial charge in [-0.1, -0.05) is 13.0 Å². The maximum absolute atomic E-state index is 13.5. The number of thiophene rings is 1. The van der Waals surface area contributed by atoms with Crippen molar-refractivity contribution in [2.75, 3.05) is 5.32 Å². The van der Waals surface area contributed by atoms with Gasteiger partial charge < -0.3 is 15.4 Å². The van der Waals surface area contributed by atoms with Crippen molar-refractivity contribution in [3.8, 4) is 5.75 Å². The number of H-pyrrole nitrogens is 1. The fraction of sp³-hybridized carbons (Fsp3) is 0.300. The van der Waals surface area contributed by atoms with Crippen molar-refractivity contribution in [3.63, 3.8) is 0 Å². The number of anilines is 1. The highest BCUT2D eigenvalue weighted by Gasteiger charge is 2.27. The van der Waals surface area contributed by atoms with E-state index in [1.807, 2.05) is 0 Å². The van der Waals surface area contributed by atoms with Crippen LogP contribution in [0.4, 0.5) is 10.1 Å². The summed E-state index contributed by atoms with van der Waals surface area (Å²) < 4.78 is 13.5. The van der Waals surface area contributed by atoms with Gasteiger partial charge in [0.05, 0.1) is 5.39 Å². The molecule has 3 aromatic rings. The third-order valence-electron chi connectivity index (χ3n) is 5.11. The zero-order valence-electron chi connectivity index (χ0n) is 15.0. The molecule has 2 heterocycles. The Labute approximate surface area is 158 Å². The van der Waals surface area contributed by atoms with Crippen molar-refractivity contribution in [1.29, 1.82) is 0 Å². The molecule has 1 aliphatic carbocycles. The summed E-state index contributed by atoms with van der Waals surface area (Å²) in [5.74, 6) is -0.996. The summed E-state index contributed by atoms with van der Waals surface area (Å²) in [7, 11) is 0. The predicted octanol–water partition coefficient (Wildman–Crippen LogP) is 4.12. The second-order valence-electron chi connectivity index (χ2n) is 7.15. The van der Waals surface area contributed by atoms with Crippen molar-refractivity contribution in [1.82, 2.24) is 4.98 Å². The number of carbonyl (C=O) groups excluding carboxylic acids is 1. The van der Waals surface area contributed by atoms with E-state index >= 15 is 0 Å². The van der Waals surface area contributed by atoms with Crippen LogP contribution in [0.3, 0.4) is 0 Å². The summed E-state index contributed by atoms with van der Waals surface area (Å²) in [5.41, 5.74) is 0.935. The van der Waals surface area contributed by atoms with Gasteiger partial charge in [-0.3, -0.25) is 9.59 Å². The zero-order valence-corrected chi connectivity index (χ0v) is 15.8. The Morgan fingerprint density at radius 3 is 2.96 bits per heavy atom. The lowest BCUT2D eigenvalue weighted by Crippen LogP contribution is -2.23. The SMILES string of the molecule is Cc1ccc(F)cc1NC(=O)c1c(O)c2c3c(sc2[nH]c1=O)CC(C)CC3. The summed E-state index contributed by atoms with van der Waals surface area (Å²) in [4.78, 5) is 29.6. The van der Waals surface area contributed by atoms with E-state index in [2.05, 4.69) is 17.2 Å². The van der Waals surface area contributed by atoms with E-state index in [0.717, 1.165) is 29.7 Å². The van der Waals surface area contributed by atoms with Crippen LogP contribution in [0.15, 0.2) is 23.0 Å². The van der Waals surface area contributed by atoms with Crippen molar-refractivity contribution in [2.24, 2.45) is 5.92 Å². The molecule has 140 valence electrons. The van der Waals surface area contributed by atoms with Crippen molar-refractivity contribution < 1.29 is 14.3 Å². The highest BCUT2D eigenvalue weighted by atomic mass is 32.1. The van der Waals surface area contributed by atoms with Crippen LogP contribution in [-0.2, 0) is 12.8 Å². The second kappa shape index (κ2) is 6.49. The van der Waals surface area contributed by atoms with E-state index in [4.69, 9.17) is 0 Å². The predicted molar refractivity (Wildman–Crippen MR) is 104 cm³/mol. The molecular weight excluding hydrogens is 367 g/mol. The molecule has 0 spiro atoms. The number of carbonyl (C=O) groups is 1. The Kier molecular flexibility index (Phi) is 4.26. The van der Waals surface area contributed by atoms with Crippen LogP contribution in [0, 0.1) is 18.7 Å². The average Bonchev–Trinajstić information content (AvgIpc) is 2.95. The van der Waals surface area contributed by atoms with Gasteiger partial charge in [0.15, 0.2) is 0 Å². The number of pyridine rings is 1. The number of aromatic amines is 1. The summed E-state index contributed by atoms with van der Waals surface area (Å²) in [5, 5.41) is 13.9. The molecule has 0 aliphatic heterocycles. The molecule has 3 N–H and O–H groups in total. The van der Waals surface area contributed by atoms with Crippen LogP contribution >= 0.6 is 11.3 Å². The van der Waals surface area contributed by atoms with Gasteiger partial charge in [-0.25, -0.2) is 4.39 Å². The number of fused-ring (bicyclic) bond motifs is 3. The molecule has 0 bridgehead atoms. The van der Waals surface area contributed by atoms with Crippen LogP contribution in [0.5, 0.6) is 5.75 Å². The second-order valence-corrected chi connectivity index (χ2v) is 8.25. The van der Waals surface area contributed by atoms with E-state index in [1.165, 1.54) is 29.5 Å². The maximum atomic E-state index is 13.5. The minimum atomic E-state index is -0.756. The molecule has 1 aromatic carbocycles. The Hall–Kier alpha value is -2.67. The first-order valence-corrected chi connectivity index (χ1v) is 9.63. The monoisotopic (exact) mass is 386 g/mol. The minimum Gasteiger partial charge on any atom is -0.506 e. The molecule has 0 radical (unpaired) electrons. The van der Waals surface area contributed by atoms with Gasteiger partial charge in [0, 0.05) is 10.6 Å². The molecule has 7 heteroatoms. The number of rotatable bonds is 2. The number of nitrogens with one attached hydrogen (secondary N) is 2. The number of hydrogen-bond donors (Lipinski definition) is 3. The first-order chi connectivity index (χ1) is 12.8. The van der Waals surface area contributed by atoms with E-state index < -0.39 is 17.3 Å². The van der Waals surface area contributed by atoms with E-state index in [0.29, 0.717) is 21.7 Å². The van der Waals surface area contributed by atoms with Gasteiger partial charge in [-0.15, -0.1) is 11.3 Å². The number of halogens is 1. The zero-order chi connectivity index (χ0) is 19.3. The Bertz CT molecular complexity index is 1130. The van der Waals surface area contributed by atoms with Crippen molar-refractivity contribution in [2.45, 2.75) is 33.1 Å². The Morgan fingerprint density at radius 1 is 1.41 bits per heavy atom. The third kappa shape index (κ3) is 3.02. The Balaban J connectivity index is 1.81. The molecular formula is C20H19FN2O3S. The smallest absolute Gasteiger partial charge is 0.265 e. The number of aromatic hydroxyl groups is 1. The molecule has 4 rings (SSSR count). The third-order valence-corrected chi connectivity index (χ3v) is 6.28. The first-order valence-electron chi connectivity index (χ1n) is 8.82. The van der Waals surface area contributed by atoms with Gasteiger partial charge in [0.2, 0.25) is 0 Å². The summed E-state index contributed by atoms with van der Waals surface area (Å²) in [6.07, 6.45) is 2.71. The lowest BCUT2D eigenvalue weighted by atomic mass is 9.89. The maximum Gasteiger partial charge on any atom is 0.265 e. The Morgan fingerprint density at radius 2 is 2.19 bits per heavy atom. The standard InChI is InChI=1S/C20H19FN2O3S/c1-9-3-6-12-14(7-9)27-20-15(12)17(24)16(19(26)23-20)18(25)22-13-8-11(21)5-4-10(13)2/h4-5,8-9H,3,6-7H2,1-2H3,(H,22,25)(H2,23,24,26). The summed E-state index contributed by atoms with van der Waals surface area (Å²) >= 11 is 1.46. The lowest BCUT2D eigenvalue weighted by Gasteiger charge is -2.18. The van der Waals surface area contributed by atoms with Crippen LogP contribution in [0.2, 0.25) is 0 Å². The first kappa shape index (κ1) is 17.7. The van der Waals surface area contributed by atoms with Gasteiger partial charge in [-0.05, 0) is 55.4 Å². The number of hydrogen-bond acceptors (Lipinski definition) is 4. The lowest BCUT2D eigenvalue weighted by molar-refractivity contribution is 0.102. The quantitative estimate of drug-likeness (QED) is 0.620. The largest absolute Gasteiger partial charge is 0.506 e. The van der Waals surface area contributed by atoms with Crippen LogP contribution in [0.1, 0.15) is 39.7 Å². The highest BCUT2D eigenvalue weighted by Crippen LogP contribution is 2.41. The molecule has 1 atom stereocenters. The van der Waals surface area contributed by atoms with Crippen LogP contribution in [0.25, 0.3) is 10.2 Å². The fourth-order valence-corrected chi connectivity index (χ4v) is 5.02. The van der Waals surface area contributed by atoms with Gasteiger partial charge in [0.1, 0.15) is 22.0 Å². The average molecular weight is 386 g/mol. The molecule has 1 unspecified atom stereocenters. The summed E-state index contributed by atoms with van der Waals surface area (Å²) in [6, 6.07) is 4.01. The minimum absolute atomic E-state index is 0.264. The van der Waals surface area contributed by atoms with Crippen molar-refractivity contribution in [3.05, 3.63) is 55.9 Å². The van der Waals surface area contributed by atoms with Crippen molar-refractivity contribution >= 4 is 33.1 Å². The summed E-state index contributed by atoms with van der Waals surface area (Å²) in [6.45, 7) is 3.90. The van der Waals surface area contributed by atoms with E-state index in [9.17, 15) is 19.1 Å². The van der Waals surface area contributed by atoms with Gasteiger partial charge in [0.25, 0.3) is 11.5 Å².